The summed E-state index contributed by atoms with van der Waals surface area (Å²) < 4.78 is 5.75. The highest BCUT2D eigenvalue weighted by atomic mass is 16.5. The fraction of sp³-hybridized carbons (Fsp3) is 1.00. The molecule has 0 spiro atoms. The highest BCUT2D eigenvalue weighted by Crippen LogP contribution is 2.46. The summed E-state index contributed by atoms with van der Waals surface area (Å²) in [5.41, 5.74) is 5.87. The van der Waals surface area contributed by atoms with Crippen LogP contribution in [0.3, 0.4) is 0 Å². The average molecular weight is 196 g/mol. The number of ether oxygens (including phenoxy) is 1. The molecule has 2 aliphatic heterocycles. The van der Waals surface area contributed by atoms with Gasteiger partial charge in [-0.15, -0.1) is 0 Å². The second-order valence-electron chi connectivity index (χ2n) is 5.06. The molecular formula is C11H20N2O. The van der Waals surface area contributed by atoms with E-state index in [-0.39, 0.29) is 0 Å². The number of hydrogen-bond donors (Lipinski definition) is 1. The number of nitrogens with zero attached hydrogens (tertiary/aromatic N) is 1. The third-order valence-electron chi connectivity index (χ3n) is 4.11. The Bertz CT molecular complexity index is 205. The minimum Gasteiger partial charge on any atom is -0.377 e. The molecule has 1 saturated carbocycles. The zero-order valence-corrected chi connectivity index (χ0v) is 8.69. The third-order valence-corrected chi connectivity index (χ3v) is 4.11. The van der Waals surface area contributed by atoms with Crippen molar-refractivity contribution < 1.29 is 4.74 Å². The molecule has 4 atom stereocenters. The summed E-state index contributed by atoms with van der Waals surface area (Å²) in [6.07, 6.45) is 4.34. The SMILES string of the molecule is NCC(C1CCCO1)N1CC2CC2C1. The van der Waals surface area contributed by atoms with E-state index < -0.39 is 0 Å². The van der Waals surface area contributed by atoms with Crippen LogP contribution in [0.1, 0.15) is 19.3 Å². The molecule has 0 aromatic heterocycles. The van der Waals surface area contributed by atoms with Crippen molar-refractivity contribution in [2.45, 2.75) is 31.4 Å². The van der Waals surface area contributed by atoms with Crippen molar-refractivity contribution in [3.8, 4) is 0 Å². The maximum absolute atomic E-state index is 5.87. The van der Waals surface area contributed by atoms with Crippen LogP contribution in [0.25, 0.3) is 0 Å². The first-order valence-corrected chi connectivity index (χ1v) is 5.94. The van der Waals surface area contributed by atoms with Crippen molar-refractivity contribution in [1.29, 1.82) is 0 Å². The van der Waals surface area contributed by atoms with Crippen LogP contribution in [0.15, 0.2) is 0 Å². The minimum atomic E-state index is 0.428. The molecule has 14 heavy (non-hydrogen) atoms. The Labute approximate surface area is 85.6 Å². The van der Waals surface area contributed by atoms with E-state index >= 15 is 0 Å². The van der Waals surface area contributed by atoms with E-state index in [0.717, 1.165) is 25.0 Å². The van der Waals surface area contributed by atoms with Gasteiger partial charge < -0.3 is 10.5 Å². The lowest BCUT2D eigenvalue weighted by Crippen LogP contribution is -2.47. The molecule has 4 unspecified atom stereocenters. The van der Waals surface area contributed by atoms with Gasteiger partial charge in [0.2, 0.25) is 0 Å². The van der Waals surface area contributed by atoms with E-state index in [9.17, 15) is 0 Å². The average Bonchev–Trinajstić information content (AvgIpc) is 2.70. The summed E-state index contributed by atoms with van der Waals surface area (Å²) in [5, 5.41) is 0. The van der Waals surface area contributed by atoms with Crippen molar-refractivity contribution in [3.63, 3.8) is 0 Å². The number of fused-ring (bicyclic) bond motifs is 1. The lowest BCUT2D eigenvalue weighted by molar-refractivity contribution is 0.0322. The summed E-state index contributed by atoms with van der Waals surface area (Å²) in [7, 11) is 0. The molecule has 80 valence electrons. The van der Waals surface area contributed by atoms with Crippen LogP contribution < -0.4 is 5.73 Å². The molecule has 2 N–H and O–H groups in total. The summed E-state index contributed by atoms with van der Waals surface area (Å²) in [4.78, 5) is 2.58. The van der Waals surface area contributed by atoms with Gasteiger partial charge in [0.05, 0.1) is 6.10 Å². The molecule has 3 nitrogen and oxygen atoms in total. The zero-order chi connectivity index (χ0) is 9.54. The van der Waals surface area contributed by atoms with Crippen molar-refractivity contribution in [2.24, 2.45) is 17.6 Å². The standard InChI is InChI=1S/C11H20N2O/c12-5-10(11-2-1-3-14-11)13-6-8-4-9(8)7-13/h8-11H,1-7,12H2. The van der Waals surface area contributed by atoms with E-state index in [0.29, 0.717) is 12.1 Å². The van der Waals surface area contributed by atoms with Crippen LogP contribution in [-0.4, -0.2) is 43.3 Å². The monoisotopic (exact) mass is 196 g/mol. The molecule has 3 heteroatoms. The fourth-order valence-electron chi connectivity index (χ4n) is 3.15. The predicted octanol–water partition coefficient (Wildman–Crippen LogP) is 0.444. The Morgan fingerprint density at radius 3 is 2.71 bits per heavy atom. The van der Waals surface area contributed by atoms with Crippen molar-refractivity contribution >= 4 is 0 Å². The van der Waals surface area contributed by atoms with E-state index in [2.05, 4.69) is 4.90 Å². The van der Waals surface area contributed by atoms with E-state index in [1.807, 2.05) is 0 Å². The molecule has 0 bridgehead atoms. The van der Waals surface area contributed by atoms with Crippen molar-refractivity contribution in [1.82, 2.24) is 4.90 Å². The molecule has 0 amide bonds. The van der Waals surface area contributed by atoms with E-state index in [1.165, 1.54) is 32.4 Å². The Kier molecular flexibility index (Phi) is 2.26. The van der Waals surface area contributed by atoms with Gasteiger partial charge in [-0.25, -0.2) is 0 Å². The minimum absolute atomic E-state index is 0.428. The Morgan fingerprint density at radius 1 is 1.36 bits per heavy atom. The molecule has 0 aromatic carbocycles. The second-order valence-corrected chi connectivity index (χ2v) is 5.06. The fourth-order valence-corrected chi connectivity index (χ4v) is 3.15. The molecule has 3 rings (SSSR count). The van der Waals surface area contributed by atoms with Crippen LogP contribution in [0.4, 0.5) is 0 Å². The Hall–Kier alpha value is -0.120. The smallest absolute Gasteiger partial charge is 0.0743 e. The summed E-state index contributed by atoms with van der Waals surface area (Å²) in [5.74, 6) is 2.01. The lowest BCUT2D eigenvalue weighted by Gasteiger charge is -2.31. The van der Waals surface area contributed by atoms with Crippen LogP contribution in [0.5, 0.6) is 0 Å². The summed E-state index contributed by atoms with van der Waals surface area (Å²) in [6.45, 7) is 4.28. The first kappa shape index (κ1) is 9.13. The number of rotatable bonds is 3. The Morgan fingerprint density at radius 2 is 2.14 bits per heavy atom. The van der Waals surface area contributed by atoms with E-state index in [4.69, 9.17) is 10.5 Å². The highest BCUT2D eigenvalue weighted by Gasteiger charge is 2.47. The number of piperidine rings is 1. The molecular weight excluding hydrogens is 176 g/mol. The van der Waals surface area contributed by atoms with Crippen LogP contribution in [0.2, 0.25) is 0 Å². The quantitative estimate of drug-likeness (QED) is 0.712. The zero-order valence-electron chi connectivity index (χ0n) is 8.69. The van der Waals surface area contributed by atoms with Crippen LogP contribution in [-0.2, 0) is 4.74 Å². The second kappa shape index (κ2) is 3.47. The number of hydrogen-bond acceptors (Lipinski definition) is 3. The largest absolute Gasteiger partial charge is 0.377 e. The number of nitrogens with two attached hydrogens (primary N) is 1. The molecule has 0 aromatic rings. The first-order chi connectivity index (χ1) is 6.88. The van der Waals surface area contributed by atoms with Gasteiger partial charge in [0.25, 0.3) is 0 Å². The van der Waals surface area contributed by atoms with Crippen molar-refractivity contribution in [2.75, 3.05) is 26.2 Å². The predicted molar refractivity (Wildman–Crippen MR) is 55.0 cm³/mol. The number of likely N-dealkylation sites (tertiary alicyclic amines) is 1. The topological polar surface area (TPSA) is 38.5 Å². The van der Waals surface area contributed by atoms with Gasteiger partial charge in [0, 0.05) is 32.3 Å². The van der Waals surface area contributed by atoms with Gasteiger partial charge in [-0.3, -0.25) is 4.90 Å². The van der Waals surface area contributed by atoms with Gasteiger partial charge in [0.15, 0.2) is 0 Å². The highest BCUT2D eigenvalue weighted by molar-refractivity contribution is 5.00. The summed E-state index contributed by atoms with van der Waals surface area (Å²) >= 11 is 0. The van der Waals surface area contributed by atoms with Crippen LogP contribution in [0, 0.1) is 11.8 Å². The molecule has 2 heterocycles. The van der Waals surface area contributed by atoms with Gasteiger partial charge in [-0.05, 0) is 31.1 Å². The maximum Gasteiger partial charge on any atom is 0.0743 e. The van der Waals surface area contributed by atoms with Gasteiger partial charge >= 0.3 is 0 Å². The molecule has 3 fully saturated rings. The van der Waals surface area contributed by atoms with Gasteiger partial charge in [-0.1, -0.05) is 0 Å². The Balaban J connectivity index is 1.61. The van der Waals surface area contributed by atoms with Gasteiger partial charge in [0.1, 0.15) is 0 Å². The van der Waals surface area contributed by atoms with E-state index in [1.54, 1.807) is 0 Å². The molecule has 3 aliphatic rings. The lowest BCUT2D eigenvalue weighted by atomic mass is 10.1. The van der Waals surface area contributed by atoms with Crippen molar-refractivity contribution in [3.05, 3.63) is 0 Å². The molecule has 0 radical (unpaired) electrons. The third kappa shape index (κ3) is 1.47. The summed E-state index contributed by atoms with van der Waals surface area (Å²) in [6, 6.07) is 0.505. The van der Waals surface area contributed by atoms with Gasteiger partial charge in [-0.2, -0.15) is 0 Å². The maximum atomic E-state index is 5.87. The molecule has 2 saturated heterocycles. The normalized spacial score (nSPS) is 43.9. The molecule has 1 aliphatic carbocycles. The van der Waals surface area contributed by atoms with Crippen LogP contribution >= 0.6 is 0 Å². The first-order valence-electron chi connectivity index (χ1n) is 5.94.